The average molecular weight is 235 g/mol. The van der Waals surface area contributed by atoms with Crippen LogP contribution in [0.3, 0.4) is 0 Å². The van der Waals surface area contributed by atoms with Gasteiger partial charge in [0, 0.05) is 45.0 Å². The van der Waals surface area contributed by atoms with E-state index in [0.717, 1.165) is 24.8 Å². The zero-order valence-electron chi connectivity index (χ0n) is 10.3. The van der Waals surface area contributed by atoms with Crippen molar-refractivity contribution < 1.29 is 0 Å². The first-order chi connectivity index (χ1) is 8.31. The Labute approximate surface area is 102 Å². The predicted molar refractivity (Wildman–Crippen MR) is 67.7 cm³/mol. The third-order valence-electron chi connectivity index (χ3n) is 3.77. The van der Waals surface area contributed by atoms with Crippen molar-refractivity contribution in [2.75, 3.05) is 38.5 Å². The lowest BCUT2D eigenvalue weighted by molar-refractivity contribution is 0.122. The first-order valence-corrected chi connectivity index (χ1v) is 6.55. The van der Waals surface area contributed by atoms with Crippen molar-refractivity contribution >= 4 is 5.69 Å². The number of aromatic nitrogens is 2. The summed E-state index contributed by atoms with van der Waals surface area (Å²) >= 11 is 0. The van der Waals surface area contributed by atoms with Crippen LogP contribution in [0.15, 0.2) is 12.4 Å². The highest BCUT2D eigenvalue weighted by Gasteiger charge is 2.30. The molecule has 1 aliphatic heterocycles. The van der Waals surface area contributed by atoms with Gasteiger partial charge in [-0.3, -0.25) is 14.5 Å². The summed E-state index contributed by atoms with van der Waals surface area (Å²) in [6, 6.07) is 0.920. The number of hydrogen-bond donors (Lipinski definition) is 1. The van der Waals surface area contributed by atoms with E-state index in [2.05, 4.69) is 14.9 Å². The smallest absolute Gasteiger partial charge is 0.0719 e. The molecule has 0 bridgehead atoms. The molecule has 1 aromatic heterocycles. The summed E-state index contributed by atoms with van der Waals surface area (Å²) in [7, 11) is 0. The number of rotatable bonds is 4. The van der Waals surface area contributed by atoms with Crippen LogP contribution in [0, 0.1) is 0 Å². The first kappa shape index (κ1) is 11.0. The molecular weight excluding hydrogens is 214 g/mol. The molecule has 0 atom stereocenters. The fourth-order valence-electron chi connectivity index (χ4n) is 2.54. The summed E-state index contributed by atoms with van der Waals surface area (Å²) in [6.07, 6.45) is 6.46. The van der Waals surface area contributed by atoms with Crippen molar-refractivity contribution in [3.63, 3.8) is 0 Å². The Hall–Kier alpha value is -1.07. The zero-order chi connectivity index (χ0) is 11.7. The summed E-state index contributed by atoms with van der Waals surface area (Å²) in [5, 5.41) is 4.21. The zero-order valence-corrected chi connectivity index (χ0v) is 10.3. The summed E-state index contributed by atoms with van der Waals surface area (Å²) in [5.41, 5.74) is 6.40. The molecule has 1 aliphatic carbocycles. The quantitative estimate of drug-likeness (QED) is 0.812. The van der Waals surface area contributed by atoms with E-state index < -0.39 is 0 Å². The van der Waals surface area contributed by atoms with Gasteiger partial charge in [-0.05, 0) is 12.8 Å². The van der Waals surface area contributed by atoms with Crippen molar-refractivity contribution in [1.82, 2.24) is 19.6 Å². The largest absolute Gasteiger partial charge is 0.396 e. The van der Waals surface area contributed by atoms with Gasteiger partial charge in [0.25, 0.3) is 0 Å². The lowest BCUT2D eigenvalue weighted by Gasteiger charge is -2.34. The van der Waals surface area contributed by atoms with Crippen molar-refractivity contribution in [2.24, 2.45) is 0 Å². The number of nitrogen functional groups attached to an aromatic ring is 1. The third kappa shape index (κ3) is 2.79. The molecule has 5 nitrogen and oxygen atoms in total. The predicted octanol–water partition coefficient (Wildman–Crippen LogP) is 0.245. The summed E-state index contributed by atoms with van der Waals surface area (Å²) in [5.74, 6) is 0. The topological polar surface area (TPSA) is 50.3 Å². The number of anilines is 1. The van der Waals surface area contributed by atoms with Gasteiger partial charge in [-0.2, -0.15) is 5.10 Å². The normalized spacial score (nSPS) is 23.1. The fraction of sp³-hybridized carbons (Fsp3) is 0.750. The van der Waals surface area contributed by atoms with Crippen LogP contribution in [-0.2, 0) is 6.54 Å². The Morgan fingerprint density at radius 3 is 2.53 bits per heavy atom. The van der Waals surface area contributed by atoms with Crippen LogP contribution >= 0.6 is 0 Å². The van der Waals surface area contributed by atoms with E-state index in [1.54, 1.807) is 6.20 Å². The van der Waals surface area contributed by atoms with Gasteiger partial charge < -0.3 is 5.73 Å². The average Bonchev–Trinajstić information content (AvgIpc) is 3.11. The molecule has 0 spiro atoms. The standard InChI is InChI=1S/C12H21N5/c13-11-9-14-17(10-11)8-5-15-3-6-16(7-4-15)12-1-2-12/h9-10,12H,1-8,13H2. The minimum atomic E-state index is 0.753. The maximum Gasteiger partial charge on any atom is 0.0719 e. The van der Waals surface area contributed by atoms with Crippen LogP contribution in [0.1, 0.15) is 12.8 Å². The van der Waals surface area contributed by atoms with Gasteiger partial charge in [-0.15, -0.1) is 0 Å². The number of nitrogens with zero attached hydrogens (tertiary/aromatic N) is 4. The van der Waals surface area contributed by atoms with Crippen molar-refractivity contribution in [1.29, 1.82) is 0 Å². The molecule has 2 N–H and O–H groups in total. The van der Waals surface area contributed by atoms with Crippen LogP contribution in [0.4, 0.5) is 5.69 Å². The molecular formula is C12H21N5. The van der Waals surface area contributed by atoms with Gasteiger partial charge >= 0.3 is 0 Å². The van der Waals surface area contributed by atoms with Crippen LogP contribution in [0.5, 0.6) is 0 Å². The summed E-state index contributed by atoms with van der Waals surface area (Å²) < 4.78 is 1.93. The Bertz CT molecular complexity index is 363. The minimum absolute atomic E-state index is 0.753. The highest BCUT2D eigenvalue weighted by Crippen LogP contribution is 2.27. The van der Waals surface area contributed by atoms with Gasteiger partial charge in [0.2, 0.25) is 0 Å². The number of piperazine rings is 1. The lowest BCUT2D eigenvalue weighted by atomic mass is 10.3. The monoisotopic (exact) mass is 235 g/mol. The molecule has 3 rings (SSSR count). The van der Waals surface area contributed by atoms with Crippen molar-refractivity contribution in [3.05, 3.63) is 12.4 Å². The van der Waals surface area contributed by atoms with E-state index in [4.69, 9.17) is 5.73 Å². The van der Waals surface area contributed by atoms with Crippen LogP contribution in [-0.4, -0.2) is 58.3 Å². The van der Waals surface area contributed by atoms with Gasteiger partial charge in [-0.1, -0.05) is 0 Å². The molecule has 94 valence electrons. The first-order valence-electron chi connectivity index (χ1n) is 6.55. The molecule has 2 heterocycles. The number of hydrogen-bond acceptors (Lipinski definition) is 4. The highest BCUT2D eigenvalue weighted by atomic mass is 15.3. The molecule has 0 amide bonds. The molecule has 2 fully saturated rings. The SMILES string of the molecule is Nc1cnn(CCN2CCN(C3CC3)CC2)c1. The van der Waals surface area contributed by atoms with Crippen LogP contribution in [0.2, 0.25) is 0 Å². The lowest BCUT2D eigenvalue weighted by Crippen LogP contribution is -2.47. The second kappa shape index (κ2) is 4.66. The van der Waals surface area contributed by atoms with Gasteiger partial charge in [0.1, 0.15) is 0 Å². The Kier molecular flexibility index (Phi) is 3.03. The molecule has 0 aromatic carbocycles. The van der Waals surface area contributed by atoms with Crippen LogP contribution < -0.4 is 5.73 Å². The van der Waals surface area contributed by atoms with E-state index in [9.17, 15) is 0 Å². The molecule has 17 heavy (non-hydrogen) atoms. The maximum absolute atomic E-state index is 5.64. The molecule has 1 saturated heterocycles. The van der Waals surface area contributed by atoms with Gasteiger partial charge in [-0.25, -0.2) is 0 Å². The Morgan fingerprint density at radius 2 is 1.94 bits per heavy atom. The summed E-state index contributed by atoms with van der Waals surface area (Å²) in [4.78, 5) is 5.17. The second-order valence-corrected chi connectivity index (χ2v) is 5.15. The van der Waals surface area contributed by atoms with Crippen molar-refractivity contribution in [2.45, 2.75) is 25.4 Å². The van der Waals surface area contributed by atoms with E-state index in [-0.39, 0.29) is 0 Å². The van der Waals surface area contributed by atoms with E-state index >= 15 is 0 Å². The maximum atomic E-state index is 5.64. The highest BCUT2D eigenvalue weighted by molar-refractivity contribution is 5.30. The Morgan fingerprint density at radius 1 is 1.18 bits per heavy atom. The third-order valence-corrected chi connectivity index (χ3v) is 3.77. The Balaban J connectivity index is 1.41. The van der Waals surface area contributed by atoms with Crippen molar-refractivity contribution in [3.8, 4) is 0 Å². The molecule has 5 heteroatoms. The van der Waals surface area contributed by atoms with Gasteiger partial charge in [0.15, 0.2) is 0 Å². The number of nitrogens with two attached hydrogens (primary N) is 1. The van der Waals surface area contributed by atoms with E-state index in [1.165, 1.54) is 39.0 Å². The second-order valence-electron chi connectivity index (χ2n) is 5.15. The van der Waals surface area contributed by atoms with Crippen LogP contribution in [0.25, 0.3) is 0 Å². The molecule has 1 saturated carbocycles. The molecule has 2 aliphatic rings. The van der Waals surface area contributed by atoms with Gasteiger partial charge in [0.05, 0.1) is 18.4 Å². The van der Waals surface area contributed by atoms with E-state index in [0.29, 0.717) is 0 Å². The fourth-order valence-corrected chi connectivity index (χ4v) is 2.54. The molecule has 1 aromatic rings. The molecule has 0 unspecified atom stereocenters. The summed E-state index contributed by atoms with van der Waals surface area (Å²) in [6.45, 7) is 6.92. The molecule has 0 radical (unpaired) electrons. The minimum Gasteiger partial charge on any atom is -0.396 e. The van der Waals surface area contributed by atoms with E-state index in [1.807, 2.05) is 10.9 Å².